The highest BCUT2D eigenvalue weighted by atomic mass is 16.1. The third-order valence-electron chi connectivity index (χ3n) is 5.58. The normalized spacial score (nSPS) is 18.0. The highest BCUT2D eigenvalue weighted by molar-refractivity contribution is 5.34. The number of fused-ring (bicyclic) bond motifs is 1. The Bertz CT molecular complexity index is 1150. The zero-order valence-corrected chi connectivity index (χ0v) is 17.4. The van der Waals surface area contributed by atoms with Gasteiger partial charge in [0.1, 0.15) is 0 Å². The lowest BCUT2D eigenvalue weighted by atomic mass is 9.92. The molecule has 9 heteroatoms. The minimum atomic E-state index is -0.168. The summed E-state index contributed by atoms with van der Waals surface area (Å²) in [5, 5.41) is 12.9. The molecule has 1 atom stereocenters. The van der Waals surface area contributed by atoms with Crippen LogP contribution in [0, 0.1) is 0 Å². The van der Waals surface area contributed by atoms with Crippen LogP contribution in [0.5, 0.6) is 0 Å². The Morgan fingerprint density at radius 3 is 2.69 bits per heavy atom. The summed E-state index contributed by atoms with van der Waals surface area (Å²) in [4.78, 5) is 26.9. The maximum atomic E-state index is 12.4. The molecule has 1 saturated heterocycles. The van der Waals surface area contributed by atoms with Crippen molar-refractivity contribution in [3.63, 3.8) is 0 Å². The average Bonchev–Trinajstić information content (AvgIpc) is 3.27. The summed E-state index contributed by atoms with van der Waals surface area (Å²) in [6, 6.07) is 3.61. The minimum absolute atomic E-state index is 0.0822. The van der Waals surface area contributed by atoms with E-state index in [-0.39, 0.29) is 22.6 Å². The smallest absolute Gasteiger partial charge is 0.295 e. The Morgan fingerprint density at radius 1 is 1.14 bits per heavy atom. The van der Waals surface area contributed by atoms with Gasteiger partial charge in [0, 0.05) is 37.0 Å². The van der Waals surface area contributed by atoms with E-state index in [0.29, 0.717) is 18.7 Å². The Labute approximate surface area is 168 Å². The molecule has 0 bridgehead atoms. The van der Waals surface area contributed by atoms with E-state index in [2.05, 4.69) is 41.0 Å². The van der Waals surface area contributed by atoms with Crippen molar-refractivity contribution in [2.45, 2.75) is 58.2 Å². The van der Waals surface area contributed by atoms with E-state index in [0.717, 1.165) is 30.9 Å². The molecule has 0 aliphatic carbocycles. The fourth-order valence-electron chi connectivity index (χ4n) is 3.80. The van der Waals surface area contributed by atoms with Crippen LogP contribution in [0.3, 0.4) is 0 Å². The van der Waals surface area contributed by atoms with Gasteiger partial charge >= 0.3 is 0 Å². The van der Waals surface area contributed by atoms with Gasteiger partial charge in [0.05, 0.1) is 18.8 Å². The molecule has 0 spiro atoms. The van der Waals surface area contributed by atoms with Crippen LogP contribution in [-0.2, 0) is 25.6 Å². The van der Waals surface area contributed by atoms with Gasteiger partial charge in [-0.3, -0.25) is 18.9 Å². The van der Waals surface area contributed by atoms with E-state index in [1.807, 2.05) is 12.3 Å². The first-order valence-corrected chi connectivity index (χ1v) is 9.96. The number of rotatable bonds is 4. The van der Waals surface area contributed by atoms with Gasteiger partial charge < -0.3 is 4.57 Å². The third-order valence-corrected chi connectivity index (χ3v) is 5.58. The largest absolute Gasteiger partial charge is 0.314 e. The maximum absolute atomic E-state index is 12.4. The fraction of sp³-hybridized carbons (Fsp3) is 0.550. The SMILES string of the molecule is Cn1ccn2c(CN3CCCC3Cn3nc(C(C)(C)C)ccc3=O)nnc2c1=O. The van der Waals surface area contributed by atoms with Crippen molar-refractivity contribution < 1.29 is 0 Å². The van der Waals surface area contributed by atoms with E-state index in [9.17, 15) is 9.59 Å². The molecule has 154 valence electrons. The van der Waals surface area contributed by atoms with E-state index in [4.69, 9.17) is 0 Å². The van der Waals surface area contributed by atoms with Crippen molar-refractivity contribution in [3.05, 3.63) is 56.8 Å². The molecule has 3 aromatic heterocycles. The molecule has 1 aliphatic rings. The third kappa shape index (κ3) is 3.74. The second-order valence-corrected chi connectivity index (χ2v) is 8.78. The Hall–Kier alpha value is -2.81. The van der Waals surface area contributed by atoms with E-state index < -0.39 is 0 Å². The van der Waals surface area contributed by atoms with Gasteiger partial charge in [0.25, 0.3) is 11.1 Å². The molecule has 4 heterocycles. The van der Waals surface area contributed by atoms with Crippen molar-refractivity contribution in [1.29, 1.82) is 0 Å². The maximum Gasteiger partial charge on any atom is 0.295 e. The van der Waals surface area contributed by atoms with Crippen molar-refractivity contribution in [3.8, 4) is 0 Å². The topological polar surface area (TPSA) is 90.3 Å². The van der Waals surface area contributed by atoms with Crippen molar-refractivity contribution >= 4 is 5.65 Å². The Balaban J connectivity index is 1.57. The molecule has 0 saturated carbocycles. The van der Waals surface area contributed by atoms with E-state index in [1.165, 1.54) is 4.57 Å². The van der Waals surface area contributed by atoms with Crippen molar-refractivity contribution in [2.75, 3.05) is 6.54 Å². The molecule has 0 aromatic carbocycles. The van der Waals surface area contributed by atoms with E-state index in [1.54, 1.807) is 28.4 Å². The van der Waals surface area contributed by atoms with Gasteiger partial charge in [0.2, 0.25) is 5.65 Å². The van der Waals surface area contributed by atoms with Crippen LogP contribution in [0.4, 0.5) is 0 Å². The molecule has 9 nitrogen and oxygen atoms in total. The predicted molar refractivity (Wildman–Crippen MR) is 109 cm³/mol. The lowest BCUT2D eigenvalue weighted by Gasteiger charge is -2.25. The average molecular weight is 397 g/mol. The molecule has 29 heavy (non-hydrogen) atoms. The zero-order chi connectivity index (χ0) is 20.8. The number of hydrogen-bond donors (Lipinski definition) is 0. The Morgan fingerprint density at radius 2 is 1.93 bits per heavy atom. The molecule has 0 N–H and O–H groups in total. The lowest BCUT2D eigenvalue weighted by Crippen LogP contribution is -2.38. The molecular formula is C20H27N7O2. The van der Waals surface area contributed by atoms with Crippen LogP contribution in [-0.4, -0.2) is 46.4 Å². The van der Waals surface area contributed by atoms with Crippen molar-refractivity contribution in [2.24, 2.45) is 7.05 Å². The van der Waals surface area contributed by atoms with Gasteiger partial charge in [-0.15, -0.1) is 10.2 Å². The first-order valence-electron chi connectivity index (χ1n) is 9.96. The van der Waals surface area contributed by atoms with Crippen LogP contribution in [0.15, 0.2) is 34.1 Å². The van der Waals surface area contributed by atoms with Crippen LogP contribution >= 0.6 is 0 Å². The summed E-state index contributed by atoms with van der Waals surface area (Å²) < 4.78 is 4.83. The summed E-state index contributed by atoms with van der Waals surface area (Å²) in [5.74, 6) is 0.730. The molecular weight excluding hydrogens is 370 g/mol. The first kappa shape index (κ1) is 19.5. The predicted octanol–water partition coefficient (Wildman–Crippen LogP) is 0.947. The standard InChI is InChI=1S/C20H27N7O2/c1-20(2,3)15-7-8-17(28)27(23-15)12-14-6-5-9-25(14)13-16-21-22-18-19(29)24(4)10-11-26(16)18/h7-8,10-11,14H,5-6,9,12-13H2,1-4H3. The number of aromatic nitrogens is 6. The molecule has 0 radical (unpaired) electrons. The second-order valence-electron chi connectivity index (χ2n) is 8.78. The van der Waals surface area contributed by atoms with Crippen LogP contribution in [0.25, 0.3) is 5.65 Å². The molecule has 0 amide bonds. The summed E-state index contributed by atoms with van der Waals surface area (Å²) in [6.45, 7) is 8.30. The van der Waals surface area contributed by atoms with Gasteiger partial charge in [0.15, 0.2) is 5.82 Å². The van der Waals surface area contributed by atoms with Gasteiger partial charge in [-0.25, -0.2) is 4.68 Å². The Kier molecular flexibility index (Phi) is 4.85. The summed E-state index contributed by atoms with van der Waals surface area (Å²) in [5.41, 5.74) is 0.870. The molecule has 4 rings (SSSR count). The summed E-state index contributed by atoms with van der Waals surface area (Å²) in [6.07, 6.45) is 5.57. The quantitative estimate of drug-likeness (QED) is 0.651. The van der Waals surface area contributed by atoms with Crippen LogP contribution in [0.1, 0.15) is 45.1 Å². The van der Waals surface area contributed by atoms with Gasteiger partial charge in [-0.2, -0.15) is 5.10 Å². The summed E-state index contributed by atoms with van der Waals surface area (Å²) in [7, 11) is 1.70. The fourth-order valence-corrected chi connectivity index (χ4v) is 3.80. The number of hydrogen-bond acceptors (Lipinski definition) is 6. The molecule has 1 aliphatic heterocycles. The minimum Gasteiger partial charge on any atom is -0.314 e. The highest BCUT2D eigenvalue weighted by Gasteiger charge is 2.27. The van der Waals surface area contributed by atoms with Crippen LogP contribution in [0.2, 0.25) is 0 Å². The van der Waals surface area contributed by atoms with Crippen LogP contribution < -0.4 is 11.1 Å². The highest BCUT2D eigenvalue weighted by Crippen LogP contribution is 2.22. The lowest BCUT2D eigenvalue weighted by molar-refractivity contribution is 0.210. The summed E-state index contributed by atoms with van der Waals surface area (Å²) >= 11 is 0. The van der Waals surface area contributed by atoms with Gasteiger partial charge in [-0.05, 0) is 25.5 Å². The van der Waals surface area contributed by atoms with E-state index >= 15 is 0 Å². The van der Waals surface area contributed by atoms with Gasteiger partial charge in [-0.1, -0.05) is 20.8 Å². The first-order chi connectivity index (χ1) is 13.7. The number of nitrogens with zero attached hydrogens (tertiary/aromatic N) is 7. The monoisotopic (exact) mass is 397 g/mol. The molecule has 1 unspecified atom stereocenters. The molecule has 3 aromatic rings. The second kappa shape index (κ2) is 7.22. The number of likely N-dealkylation sites (tertiary alicyclic amines) is 1. The number of aryl methyl sites for hydroxylation is 1. The zero-order valence-electron chi connectivity index (χ0n) is 17.4. The molecule has 1 fully saturated rings. The van der Waals surface area contributed by atoms with Crippen molar-refractivity contribution in [1.82, 2.24) is 33.8 Å².